The van der Waals surface area contributed by atoms with Crippen LogP contribution in [-0.4, -0.2) is 27.6 Å². The molecular formula is C20H17BTe. The van der Waals surface area contributed by atoms with Gasteiger partial charge in [-0.1, -0.05) is 0 Å². The van der Waals surface area contributed by atoms with Gasteiger partial charge < -0.3 is 0 Å². The van der Waals surface area contributed by atoms with Gasteiger partial charge in [0.25, 0.3) is 0 Å². The third kappa shape index (κ3) is 2.87. The van der Waals surface area contributed by atoms with E-state index in [1.807, 2.05) is 0 Å². The maximum absolute atomic E-state index is 2.52. The SMILES string of the molecule is C1=CC(C2=CB(c3ccccc3)C=C(C3C=CC=C3)[Te]2)C=C1. The zero-order valence-corrected chi connectivity index (χ0v) is 14.6. The van der Waals surface area contributed by atoms with Gasteiger partial charge in [-0.05, 0) is 0 Å². The Morgan fingerprint density at radius 3 is 1.68 bits per heavy atom. The van der Waals surface area contributed by atoms with Crippen LogP contribution >= 0.6 is 0 Å². The van der Waals surface area contributed by atoms with E-state index in [0.29, 0.717) is 18.5 Å². The van der Waals surface area contributed by atoms with Crippen molar-refractivity contribution in [1.82, 2.24) is 0 Å². The molecule has 106 valence electrons. The van der Waals surface area contributed by atoms with Crippen molar-refractivity contribution in [3.05, 3.63) is 98.1 Å². The molecule has 0 saturated heterocycles. The normalized spacial score (nSPS) is 20.8. The summed E-state index contributed by atoms with van der Waals surface area (Å²) in [5.41, 5.74) is 1.40. The Hall–Kier alpha value is -1.49. The van der Waals surface area contributed by atoms with Gasteiger partial charge in [0, 0.05) is 0 Å². The number of hydrogen-bond donors (Lipinski definition) is 0. The Balaban J connectivity index is 1.70. The minimum absolute atomic E-state index is 0.251. The van der Waals surface area contributed by atoms with Crippen LogP contribution in [0.4, 0.5) is 0 Å². The van der Waals surface area contributed by atoms with E-state index in [0.717, 1.165) is 0 Å². The number of benzene rings is 1. The molecule has 0 aromatic heterocycles. The number of allylic oxidation sites excluding steroid dienone is 10. The second-order valence-electron chi connectivity index (χ2n) is 5.77. The second kappa shape index (κ2) is 6.33. The molecule has 1 aliphatic heterocycles. The summed E-state index contributed by atoms with van der Waals surface area (Å²) in [6, 6.07) is 10.9. The topological polar surface area (TPSA) is 0 Å². The molecule has 2 aliphatic carbocycles. The van der Waals surface area contributed by atoms with Crippen LogP contribution in [0, 0.1) is 11.8 Å². The van der Waals surface area contributed by atoms with E-state index in [1.165, 1.54) is 5.46 Å². The second-order valence-corrected chi connectivity index (χ2v) is 9.04. The number of hydrogen-bond acceptors (Lipinski definition) is 0. The average Bonchev–Trinajstić information content (AvgIpc) is 3.29. The van der Waals surface area contributed by atoms with Gasteiger partial charge in [-0.15, -0.1) is 0 Å². The predicted octanol–water partition coefficient (Wildman–Crippen LogP) is 3.44. The van der Waals surface area contributed by atoms with Gasteiger partial charge in [-0.2, -0.15) is 0 Å². The van der Waals surface area contributed by atoms with E-state index >= 15 is 0 Å². The molecule has 0 fully saturated rings. The van der Waals surface area contributed by atoms with Crippen LogP contribution in [0.15, 0.2) is 98.1 Å². The van der Waals surface area contributed by atoms with Crippen molar-refractivity contribution in [3.63, 3.8) is 0 Å². The van der Waals surface area contributed by atoms with E-state index < -0.39 is 0 Å². The molecule has 0 amide bonds. The summed E-state index contributed by atoms with van der Waals surface area (Å²) in [5.74, 6) is 6.11. The monoisotopic (exact) mass is 398 g/mol. The molecule has 0 spiro atoms. The molecule has 4 rings (SSSR count). The first-order valence-corrected chi connectivity index (χ1v) is 10.1. The Kier molecular flexibility index (Phi) is 4.06. The summed E-state index contributed by atoms with van der Waals surface area (Å²) in [7, 11) is 0. The third-order valence-electron chi connectivity index (χ3n) is 4.26. The van der Waals surface area contributed by atoms with E-state index in [1.54, 1.807) is 7.24 Å². The van der Waals surface area contributed by atoms with E-state index in [-0.39, 0.29) is 20.9 Å². The van der Waals surface area contributed by atoms with Crippen LogP contribution < -0.4 is 5.46 Å². The van der Waals surface area contributed by atoms with Crippen molar-refractivity contribution >= 4 is 33.1 Å². The predicted molar refractivity (Wildman–Crippen MR) is 97.3 cm³/mol. The van der Waals surface area contributed by atoms with Crippen molar-refractivity contribution in [2.75, 3.05) is 0 Å². The van der Waals surface area contributed by atoms with Gasteiger partial charge in [0.1, 0.15) is 0 Å². The summed E-state index contributed by atoms with van der Waals surface area (Å²) in [6.45, 7) is 0.426. The summed E-state index contributed by atoms with van der Waals surface area (Å²) in [4.78, 5) is 0. The molecule has 0 N–H and O–H groups in total. The van der Waals surface area contributed by atoms with Crippen molar-refractivity contribution < 1.29 is 0 Å². The van der Waals surface area contributed by atoms with Crippen LogP contribution in [-0.2, 0) is 0 Å². The standard InChI is InChI=1S/C20H17BTe/c1-2-12-18(13-3-1)21-14-19(16-8-4-5-9-16)22-20(15-21)17-10-6-7-11-17/h1-17H. The molecule has 3 aliphatic rings. The zero-order chi connectivity index (χ0) is 14.8. The first-order chi connectivity index (χ1) is 10.9. The average molecular weight is 396 g/mol. The molecule has 0 bridgehead atoms. The molecule has 0 unspecified atom stereocenters. The summed E-state index contributed by atoms with van der Waals surface area (Å²) in [6.07, 6.45) is 18.1. The molecule has 1 aromatic rings. The van der Waals surface area contributed by atoms with E-state index in [9.17, 15) is 0 Å². The van der Waals surface area contributed by atoms with Crippen LogP contribution in [0.25, 0.3) is 0 Å². The molecular weight excluding hydrogens is 379 g/mol. The van der Waals surface area contributed by atoms with Crippen LogP contribution in [0.1, 0.15) is 0 Å². The molecule has 0 radical (unpaired) electrons. The fourth-order valence-electron chi connectivity index (χ4n) is 3.08. The quantitative estimate of drug-likeness (QED) is 0.688. The number of rotatable bonds is 3. The summed E-state index contributed by atoms with van der Waals surface area (Å²) in [5, 5.41) is 0. The van der Waals surface area contributed by atoms with Gasteiger partial charge >= 0.3 is 143 Å². The van der Waals surface area contributed by atoms with E-state index in [2.05, 4.69) is 90.9 Å². The molecule has 0 saturated carbocycles. The van der Waals surface area contributed by atoms with Crippen LogP contribution in [0.3, 0.4) is 0 Å². The minimum atomic E-state index is -0.251. The Labute approximate surface area is 142 Å². The van der Waals surface area contributed by atoms with Gasteiger partial charge in [0.05, 0.1) is 0 Å². The van der Waals surface area contributed by atoms with Crippen molar-refractivity contribution in [3.8, 4) is 0 Å². The fraction of sp³-hybridized carbons (Fsp3) is 0.100. The van der Waals surface area contributed by atoms with Crippen LogP contribution in [0.5, 0.6) is 0 Å². The Morgan fingerprint density at radius 2 is 1.18 bits per heavy atom. The molecule has 2 heteroatoms. The van der Waals surface area contributed by atoms with Gasteiger partial charge in [-0.3, -0.25) is 0 Å². The Bertz CT molecular complexity index is 666. The molecule has 1 aromatic carbocycles. The van der Waals surface area contributed by atoms with Gasteiger partial charge in [-0.25, -0.2) is 0 Å². The maximum atomic E-state index is 2.52. The van der Waals surface area contributed by atoms with Gasteiger partial charge in [0.15, 0.2) is 0 Å². The summed E-state index contributed by atoms with van der Waals surface area (Å²) >= 11 is -0.251. The molecule has 0 nitrogen and oxygen atoms in total. The van der Waals surface area contributed by atoms with Crippen molar-refractivity contribution in [2.45, 2.75) is 0 Å². The van der Waals surface area contributed by atoms with Crippen molar-refractivity contribution in [1.29, 1.82) is 0 Å². The van der Waals surface area contributed by atoms with Gasteiger partial charge in [0.2, 0.25) is 0 Å². The summed E-state index contributed by atoms with van der Waals surface area (Å²) < 4.78 is 3.32. The zero-order valence-electron chi connectivity index (χ0n) is 12.3. The first-order valence-electron chi connectivity index (χ1n) is 7.76. The van der Waals surface area contributed by atoms with E-state index in [4.69, 9.17) is 0 Å². The van der Waals surface area contributed by atoms with Crippen molar-refractivity contribution in [2.24, 2.45) is 11.8 Å². The molecule has 1 heterocycles. The molecule has 22 heavy (non-hydrogen) atoms. The Morgan fingerprint density at radius 1 is 0.682 bits per heavy atom. The first kappa shape index (κ1) is 14.1. The third-order valence-corrected chi connectivity index (χ3v) is 7.94. The molecule has 0 atom stereocenters. The fourth-order valence-corrected chi connectivity index (χ4v) is 6.75. The van der Waals surface area contributed by atoms with Crippen LogP contribution in [0.2, 0.25) is 0 Å².